The van der Waals surface area contributed by atoms with Crippen molar-refractivity contribution < 1.29 is 4.79 Å². The van der Waals surface area contributed by atoms with E-state index in [2.05, 4.69) is 16.8 Å². The van der Waals surface area contributed by atoms with E-state index < -0.39 is 0 Å². The number of aldehydes is 1. The molecule has 0 amide bonds. The third-order valence-corrected chi connectivity index (χ3v) is 3.65. The number of rotatable bonds is 5. The van der Waals surface area contributed by atoms with Gasteiger partial charge in [0.2, 0.25) is 0 Å². The summed E-state index contributed by atoms with van der Waals surface area (Å²) in [5.41, 5.74) is 0.677. The van der Waals surface area contributed by atoms with Gasteiger partial charge in [0, 0.05) is 19.1 Å². The molecule has 1 aliphatic rings. The van der Waals surface area contributed by atoms with E-state index in [9.17, 15) is 4.79 Å². The van der Waals surface area contributed by atoms with Gasteiger partial charge in [0.1, 0.15) is 5.69 Å². The summed E-state index contributed by atoms with van der Waals surface area (Å²) < 4.78 is 1.93. The number of carbonyl (C=O) groups excluding carboxylic acids is 1. The summed E-state index contributed by atoms with van der Waals surface area (Å²) in [6.07, 6.45) is 9.34. The second kappa shape index (κ2) is 5.96. The van der Waals surface area contributed by atoms with Crippen LogP contribution >= 0.6 is 0 Å². The van der Waals surface area contributed by atoms with Gasteiger partial charge in [-0.15, -0.1) is 0 Å². The van der Waals surface area contributed by atoms with Gasteiger partial charge in [-0.05, 0) is 32.7 Å². The van der Waals surface area contributed by atoms with Crippen LogP contribution in [0.25, 0.3) is 0 Å². The van der Waals surface area contributed by atoms with Crippen LogP contribution in [0.1, 0.15) is 43.1 Å². The first-order valence-electron chi connectivity index (χ1n) is 6.50. The summed E-state index contributed by atoms with van der Waals surface area (Å²) in [6.45, 7) is 5.55. The Hall–Kier alpha value is -1.16. The maximum Gasteiger partial charge on any atom is 0.168 e. The summed E-state index contributed by atoms with van der Waals surface area (Å²) >= 11 is 0. The molecular formula is C13H21N3O. The number of hydrogen-bond donors (Lipinski definition) is 0. The third kappa shape index (κ3) is 3.16. The normalized spacial score (nSPS) is 21.6. The number of aromatic nitrogens is 2. The van der Waals surface area contributed by atoms with Crippen LogP contribution in [0.3, 0.4) is 0 Å². The van der Waals surface area contributed by atoms with Gasteiger partial charge in [-0.2, -0.15) is 0 Å². The van der Waals surface area contributed by atoms with Crippen molar-refractivity contribution in [2.24, 2.45) is 0 Å². The monoisotopic (exact) mass is 235 g/mol. The second-order valence-corrected chi connectivity index (χ2v) is 4.86. The van der Waals surface area contributed by atoms with Crippen LogP contribution in [-0.2, 0) is 6.54 Å². The first-order chi connectivity index (χ1) is 8.31. The van der Waals surface area contributed by atoms with E-state index in [0.29, 0.717) is 5.69 Å². The highest BCUT2D eigenvalue weighted by atomic mass is 16.1. The Morgan fingerprint density at radius 1 is 1.47 bits per heavy atom. The maximum atomic E-state index is 10.7. The molecule has 2 heterocycles. The second-order valence-electron chi connectivity index (χ2n) is 4.86. The Balaban J connectivity index is 1.77. The van der Waals surface area contributed by atoms with Crippen molar-refractivity contribution in [1.29, 1.82) is 0 Å². The molecule has 1 fully saturated rings. The van der Waals surface area contributed by atoms with E-state index in [1.54, 1.807) is 12.5 Å². The molecule has 1 aliphatic heterocycles. The smallest absolute Gasteiger partial charge is 0.168 e. The van der Waals surface area contributed by atoms with Crippen molar-refractivity contribution >= 4 is 6.29 Å². The molecule has 4 nitrogen and oxygen atoms in total. The molecule has 0 bridgehead atoms. The highest BCUT2D eigenvalue weighted by molar-refractivity contribution is 5.71. The zero-order chi connectivity index (χ0) is 12.1. The van der Waals surface area contributed by atoms with Crippen LogP contribution in [0.15, 0.2) is 12.5 Å². The molecule has 4 heteroatoms. The van der Waals surface area contributed by atoms with E-state index in [1.165, 1.54) is 25.8 Å². The largest absolute Gasteiger partial charge is 0.328 e. The Labute approximate surface area is 103 Å². The molecule has 1 aromatic heterocycles. The minimum Gasteiger partial charge on any atom is -0.328 e. The number of imidazole rings is 1. The molecule has 94 valence electrons. The number of piperidine rings is 1. The van der Waals surface area contributed by atoms with Crippen LogP contribution in [0, 0.1) is 0 Å². The lowest BCUT2D eigenvalue weighted by Crippen LogP contribution is -2.38. The Morgan fingerprint density at radius 3 is 3.12 bits per heavy atom. The molecule has 0 N–H and O–H groups in total. The molecule has 1 atom stereocenters. The van der Waals surface area contributed by atoms with Crippen molar-refractivity contribution in [2.75, 3.05) is 13.1 Å². The Kier molecular flexibility index (Phi) is 4.31. The lowest BCUT2D eigenvalue weighted by atomic mass is 10.0. The van der Waals surface area contributed by atoms with Gasteiger partial charge in [-0.25, -0.2) is 4.98 Å². The number of aryl methyl sites for hydroxylation is 1. The summed E-state index contributed by atoms with van der Waals surface area (Å²) in [5, 5.41) is 0. The van der Waals surface area contributed by atoms with Crippen molar-refractivity contribution in [1.82, 2.24) is 14.5 Å². The van der Waals surface area contributed by atoms with Crippen LogP contribution < -0.4 is 0 Å². The third-order valence-electron chi connectivity index (χ3n) is 3.65. The van der Waals surface area contributed by atoms with Gasteiger partial charge in [0.15, 0.2) is 6.29 Å². The maximum absolute atomic E-state index is 10.7. The van der Waals surface area contributed by atoms with Gasteiger partial charge in [0.05, 0.1) is 12.5 Å². The fourth-order valence-corrected chi connectivity index (χ4v) is 2.55. The van der Waals surface area contributed by atoms with E-state index >= 15 is 0 Å². The average molecular weight is 235 g/mol. The SMILES string of the molecule is CC1CCCCN1CCCn1cncc1C=O. The highest BCUT2D eigenvalue weighted by Crippen LogP contribution is 2.16. The standard InChI is InChI=1S/C13H21N3O/c1-12-5-2-3-6-15(12)7-4-8-16-11-14-9-13(16)10-17/h9-12H,2-8H2,1H3. The fourth-order valence-electron chi connectivity index (χ4n) is 2.55. The van der Waals surface area contributed by atoms with Crippen LogP contribution in [0.5, 0.6) is 0 Å². The van der Waals surface area contributed by atoms with Crippen LogP contribution in [0.2, 0.25) is 0 Å². The fraction of sp³-hybridized carbons (Fsp3) is 0.692. The van der Waals surface area contributed by atoms with Crippen LogP contribution in [-0.4, -0.2) is 39.9 Å². The molecular weight excluding hydrogens is 214 g/mol. The number of hydrogen-bond acceptors (Lipinski definition) is 3. The lowest BCUT2D eigenvalue weighted by Gasteiger charge is -2.33. The number of nitrogens with zero attached hydrogens (tertiary/aromatic N) is 3. The van der Waals surface area contributed by atoms with Gasteiger partial charge >= 0.3 is 0 Å². The average Bonchev–Trinajstić information content (AvgIpc) is 2.79. The minimum atomic E-state index is 0.677. The number of likely N-dealkylation sites (tertiary alicyclic amines) is 1. The molecule has 0 spiro atoms. The Morgan fingerprint density at radius 2 is 2.35 bits per heavy atom. The Bertz CT molecular complexity index is 361. The molecule has 1 unspecified atom stereocenters. The molecule has 17 heavy (non-hydrogen) atoms. The van der Waals surface area contributed by atoms with Crippen molar-refractivity contribution in [3.05, 3.63) is 18.2 Å². The first-order valence-corrected chi connectivity index (χ1v) is 6.50. The zero-order valence-corrected chi connectivity index (χ0v) is 10.5. The molecule has 0 saturated carbocycles. The first kappa shape index (κ1) is 12.3. The van der Waals surface area contributed by atoms with Crippen molar-refractivity contribution in [2.45, 2.75) is 45.2 Å². The van der Waals surface area contributed by atoms with E-state index in [4.69, 9.17) is 0 Å². The topological polar surface area (TPSA) is 38.1 Å². The molecule has 2 rings (SSSR count). The minimum absolute atomic E-state index is 0.677. The molecule has 0 aromatic carbocycles. The molecule has 0 aliphatic carbocycles. The lowest BCUT2D eigenvalue weighted by molar-refractivity contribution is 0.111. The summed E-state index contributed by atoms with van der Waals surface area (Å²) in [5.74, 6) is 0. The van der Waals surface area contributed by atoms with Gasteiger partial charge < -0.3 is 9.47 Å². The van der Waals surface area contributed by atoms with Gasteiger partial charge in [0.25, 0.3) is 0 Å². The molecule has 1 saturated heterocycles. The summed E-state index contributed by atoms with van der Waals surface area (Å²) in [7, 11) is 0. The van der Waals surface area contributed by atoms with Gasteiger partial charge in [-0.3, -0.25) is 4.79 Å². The quantitative estimate of drug-likeness (QED) is 0.732. The van der Waals surface area contributed by atoms with Gasteiger partial charge in [-0.1, -0.05) is 6.42 Å². The molecule has 1 aromatic rings. The molecule has 0 radical (unpaired) electrons. The highest BCUT2D eigenvalue weighted by Gasteiger charge is 2.17. The van der Waals surface area contributed by atoms with Crippen LogP contribution in [0.4, 0.5) is 0 Å². The summed E-state index contributed by atoms with van der Waals surface area (Å²) in [6, 6.07) is 0.720. The van der Waals surface area contributed by atoms with Crippen molar-refractivity contribution in [3.63, 3.8) is 0 Å². The zero-order valence-electron chi connectivity index (χ0n) is 10.5. The predicted octanol–water partition coefficient (Wildman–Crippen LogP) is 1.96. The number of carbonyl (C=O) groups is 1. The van der Waals surface area contributed by atoms with E-state index in [-0.39, 0.29) is 0 Å². The predicted molar refractivity (Wildman–Crippen MR) is 67.1 cm³/mol. The van der Waals surface area contributed by atoms with Crippen molar-refractivity contribution in [3.8, 4) is 0 Å². The van der Waals surface area contributed by atoms with E-state index in [0.717, 1.165) is 31.8 Å². The van der Waals surface area contributed by atoms with E-state index in [1.807, 2.05) is 4.57 Å². The summed E-state index contributed by atoms with van der Waals surface area (Å²) in [4.78, 5) is 17.3.